The van der Waals surface area contributed by atoms with Crippen molar-refractivity contribution in [3.8, 4) is 17.2 Å². The summed E-state index contributed by atoms with van der Waals surface area (Å²) in [4.78, 5) is 16.1. The molecule has 0 saturated carbocycles. The molecule has 0 aromatic carbocycles. The van der Waals surface area contributed by atoms with Gasteiger partial charge in [0.25, 0.3) is 0 Å². The fourth-order valence-corrected chi connectivity index (χ4v) is 2.43. The predicted octanol–water partition coefficient (Wildman–Crippen LogP) is 3.42. The van der Waals surface area contributed by atoms with Crippen LogP contribution in [-0.2, 0) is 4.74 Å². The summed E-state index contributed by atoms with van der Waals surface area (Å²) in [6, 6.07) is 3.01. The van der Waals surface area contributed by atoms with Gasteiger partial charge in [-0.25, -0.2) is 9.18 Å². The summed E-state index contributed by atoms with van der Waals surface area (Å²) in [7, 11) is -1.50. The lowest BCUT2D eigenvalue weighted by molar-refractivity contribution is 0.0511. The molecule has 23 heavy (non-hydrogen) atoms. The topological polar surface area (TPSA) is 44.1 Å². The van der Waals surface area contributed by atoms with Crippen LogP contribution < -0.4 is 0 Å². The molecule has 0 spiro atoms. The van der Waals surface area contributed by atoms with Crippen molar-refractivity contribution in [3.63, 3.8) is 0 Å². The van der Waals surface area contributed by atoms with Gasteiger partial charge >= 0.3 is 5.97 Å². The van der Waals surface area contributed by atoms with Gasteiger partial charge in [-0.2, -0.15) is 0 Å². The van der Waals surface area contributed by atoms with Crippen molar-refractivity contribution in [1.82, 2.24) is 9.55 Å². The molecule has 120 valence electrons. The van der Waals surface area contributed by atoms with Crippen molar-refractivity contribution < 1.29 is 13.9 Å². The van der Waals surface area contributed by atoms with Crippen LogP contribution in [0.4, 0.5) is 4.39 Å². The number of nitrogens with zero attached hydrogens (tertiary/aromatic N) is 2. The van der Waals surface area contributed by atoms with Crippen molar-refractivity contribution >= 4 is 14.0 Å². The molecule has 0 fully saturated rings. The first-order chi connectivity index (χ1) is 10.8. The number of halogens is 1. The van der Waals surface area contributed by atoms with Gasteiger partial charge < -0.3 is 9.30 Å². The zero-order valence-corrected chi connectivity index (χ0v) is 14.7. The van der Waals surface area contributed by atoms with Crippen LogP contribution in [-0.4, -0.2) is 30.2 Å². The minimum atomic E-state index is -1.50. The third kappa shape index (κ3) is 4.30. The van der Waals surface area contributed by atoms with E-state index in [2.05, 4.69) is 36.1 Å². The highest BCUT2D eigenvalue weighted by molar-refractivity contribution is 6.83. The number of esters is 1. The van der Waals surface area contributed by atoms with Crippen LogP contribution in [0.3, 0.4) is 0 Å². The Balaban J connectivity index is 2.44. The van der Waals surface area contributed by atoms with Crippen LogP contribution in [0.15, 0.2) is 30.7 Å². The molecule has 0 atom stereocenters. The molecule has 0 aliphatic carbocycles. The molecule has 0 aliphatic heterocycles. The maximum atomic E-state index is 13.9. The lowest BCUT2D eigenvalue weighted by Crippen LogP contribution is -2.16. The molecule has 2 rings (SSSR count). The number of ether oxygens (including phenoxy) is 1. The number of rotatable bonds is 3. The van der Waals surface area contributed by atoms with Gasteiger partial charge in [0.2, 0.25) is 0 Å². The maximum Gasteiger partial charge on any atom is 0.358 e. The molecule has 0 aliphatic rings. The largest absolute Gasteiger partial charge is 0.461 e. The number of pyridine rings is 1. The van der Waals surface area contributed by atoms with E-state index in [-0.39, 0.29) is 12.3 Å². The first-order valence-electron chi connectivity index (χ1n) is 7.34. The number of carbonyl (C=O) groups is 1. The zero-order valence-electron chi connectivity index (χ0n) is 13.7. The van der Waals surface area contributed by atoms with E-state index in [4.69, 9.17) is 4.74 Å². The lowest BCUT2D eigenvalue weighted by atomic mass is 10.2. The van der Waals surface area contributed by atoms with E-state index in [0.717, 1.165) is 5.56 Å². The quantitative estimate of drug-likeness (QED) is 0.492. The second kappa shape index (κ2) is 6.80. The van der Waals surface area contributed by atoms with Crippen LogP contribution in [0.5, 0.6) is 0 Å². The van der Waals surface area contributed by atoms with Crippen molar-refractivity contribution in [3.05, 3.63) is 47.8 Å². The van der Waals surface area contributed by atoms with Crippen molar-refractivity contribution in [1.29, 1.82) is 0 Å². The second-order valence-electron chi connectivity index (χ2n) is 6.03. The van der Waals surface area contributed by atoms with E-state index in [0.29, 0.717) is 5.69 Å². The van der Waals surface area contributed by atoms with Gasteiger partial charge in [-0.15, -0.1) is 5.54 Å². The van der Waals surface area contributed by atoms with E-state index in [1.807, 2.05) is 0 Å². The summed E-state index contributed by atoms with van der Waals surface area (Å²) in [6.45, 7) is 8.31. The number of hydrogen-bond donors (Lipinski definition) is 0. The lowest BCUT2D eigenvalue weighted by Gasteiger charge is -2.09. The Morgan fingerprint density at radius 3 is 2.78 bits per heavy atom. The molecule has 2 heterocycles. The second-order valence-corrected chi connectivity index (χ2v) is 10.8. The minimum Gasteiger partial charge on any atom is -0.461 e. The normalized spacial score (nSPS) is 10.8. The van der Waals surface area contributed by atoms with E-state index < -0.39 is 19.9 Å². The molecule has 0 radical (unpaired) electrons. The molecule has 2 aromatic heterocycles. The van der Waals surface area contributed by atoms with E-state index in [1.54, 1.807) is 25.4 Å². The van der Waals surface area contributed by atoms with Gasteiger partial charge in [0, 0.05) is 18.0 Å². The van der Waals surface area contributed by atoms with E-state index in [1.165, 1.54) is 16.8 Å². The van der Waals surface area contributed by atoms with E-state index >= 15 is 0 Å². The smallest absolute Gasteiger partial charge is 0.358 e. The Morgan fingerprint density at radius 2 is 2.13 bits per heavy atom. The maximum absolute atomic E-state index is 13.9. The fourth-order valence-electron chi connectivity index (χ4n) is 1.91. The molecule has 0 saturated heterocycles. The third-order valence-electron chi connectivity index (χ3n) is 2.89. The standard InChI is InChI=1S/C17H19FN2O2Si/c1-5-22-17(21)16-15(18)6-8-20(16)14-10-13(11-19-12-14)7-9-23(2,3)4/h6,8,10-12H,5H2,1-4H3. The van der Waals surface area contributed by atoms with Gasteiger partial charge in [-0.05, 0) is 19.1 Å². The monoisotopic (exact) mass is 330 g/mol. The summed E-state index contributed by atoms with van der Waals surface area (Å²) in [6.07, 6.45) is 4.69. The Labute approximate surface area is 136 Å². The minimum absolute atomic E-state index is 0.135. The van der Waals surface area contributed by atoms with Crippen LogP contribution in [0, 0.1) is 17.3 Å². The number of hydrogen-bond acceptors (Lipinski definition) is 3. The van der Waals surface area contributed by atoms with Gasteiger partial charge in [0.05, 0.1) is 18.5 Å². The van der Waals surface area contributed by atoms with Gasteiger partial charge in [-0.3, -0.25) is 4.98 Å². The Morgan fingerprint density at radius 1 is 1.39 bits per heavy atom. The SMILES string of the molecule is CCOC(=O)c1c(F)ccn1-c1cncc(C#C[Si](C)(C)C)c1. The molecular weight excluding hydrogens is 311 g/mol. The Hall–Kier alpha value is -2.39. The van der Waals surface area contributed by atoms with Crippen molar-refractivity contribution in [2.75, 3.05) is 6.61 Å². The molecule has 0 amide bonds. The fraction of sp³-hybridized carbons (Fsp3) is 0.294. The average molecular weight is 330 g/mol. The molecule has 0 unspecified atom stereocenters. The first-order valence-corrected chi connectivity index (χ1v) is 10.8. The highest BCUT2D eigenvalue weighted by Crippen LogP contribution is 2.17. The Kier molecular flexibility index (Phi) is 5.01. The highest BCUT2D eigenvalue weighted by Gasteiger charge is 2.19. The highest BCUT2D eigenvalue weighted by atomic mass is 28.3. The summed E-state index contributed by atoms with van der Waals surface area (Å²) < 4.78 is 20.2. The Bertz CT molecular complexity index is 782. The first kappa shape index (κ1) is 17.0. The molecule has 6 heteroatoms. The summed E-state index contributed by atoms with van der Waals surface area (Å²) >= 11 is 0. The number of aromatic nitrogens is 2. The van der Waals surface area contributed by atoms with Crippen LogP contribution in [0.1, 0.15) is 23.0 Å². The van der Waals surface area contributed by atoms with Crippen LogP contribution >= 0.6 is 0 Å². The van der Waals surface area contributed by atoms with E-state index in [9.17, 15) is 9.18 Å². The van der Waals surface area contributed by atoms with Gasteiger partial charge in [0.1, 0.15) is 8.07 Å². The van der Waals surface area contributed by atoms with Gasteiger partial charge in [0.15, 0.2) is 11.5 Å². The van der Waals surface area contributed by atoms with Crippen LogP contribution in [0.2, 0.25) is 19.6 Å². The zero-order chi connectivity index (χ0) is 17.0. The summed E-state index contributed by atoms with van der Waals surface area (Å²) in [5.74, 6) is 1.78. The summed E-state index contributed by atoms with van der Waals surface area (Å²) in [5, 5.41) is 0. The molecule has 2 aromatic rings. The van der Waals surface area contributed by atoms with Crippen molar-refractivity contribution in [2.24, 2.45) is 0 Å². The predicted molar refractivity (Wildman–Crippen MR) is 89.7 cm³/mol. The molecular formula is C17H19FN2O2Si. The van der Waals surface area contributed by atoms with Crippen molar-refractivity contribution in [2.45, 2.75) is 26.6 Å². The average Bonchev–Trinajstić information content (AvgIpc) is 2.87. The molecule has 0 bridgehead atoms. The molecule has 4 nitrogen and oxygen atoms in total. The summed E-state index contributed by atoms with van der Waals surface area (Å²) in [5.41, 5.74) is 4.42. The van der Waals surface area contributed by atoms with Gasteiger partial charge in [-0.1, -0.05) is 25.6 Å². The third-order valence-corrected chi connectivity index (χ3v) is 3.76. The molecule has 0 N–H and O–H groups in total. The number of carbonyl (C=O) groups excluding carboxylic acids is 1. The van der Waals surface area contributed by atoms with Crippen LogP contribution in [0.25, 0.3) is 5.69 Å².